The Labute approximate surface area is 85.7 Å². The third-order valence-corrected chi connectivity index (χ3v) is 1.67. The van der Waals surface area contributed by atoms with Crippen LogP contribution in [-0.2, 0) is 9.59 Å². The van der Waals surface area contributed by atoms with E-state index < -0.39 is 11.9 Å². The van der Waals surface area contributed by atoms with Gasteiger partial charge in [-0.25, -0.2) is 4.79 Å². The zero-order chi connectivity index (χ0) is 11.3. The van der Waals surface area contributed by atoms with Crippen LogP contribution in [-0.4, -0.2) is 27.1 Å². The average molecular weight is 207 g/mol. The summed E-state index contributed by atoms with van der Waals surface area (Å²) in [6.07, 6.45) is 3.50. The number of hydrogen-bond donors (Lipinski definition) is 2. The van der Waals surface area contributed by atoms with Gasteiger partial charge in [-0.15, -0.1) is 0 Å². The molecular weight excluding hydrogens is 198 g/mol. The maximum Gasteiger partial charge on any atom is 0.328 e. The number of carboxylic acids is 2. The molecule has 2 N–H and O–H groups in total. The van der Waals surface area contributed by atoms with Crippen LogP contribution in [0.4, 0.5) is 0 Å². The first kappa shape index (κ1) is 10.9. The van der Waals surface area contributed by atoms with Gasteiger partial charge in [0.2, 0.25) is 0 Å². The van der Waals surface area contributed by atoms with Crippen LogP contribution >= 0.6 is 0 Å². The summed E-state index contributed by atoms with van der Waals surface area (Å²) in [4.78, 5) is 24.8. The number of pyridine rings is 1. The molecule has 0 saturated heterocycles. The van der Waals surface area contributed by atoms with Crippen LogP contribution in [0.3, 0.4) is 0 Å². The second-order valence-electron chi connectivity index (χ2n) is 2.82. The normalized spacial score (nSPS) is 11.1. The lowest BCUT2D eigenvalue weighted by Crippen LogP contribution is -2.00. The van der Waals surface area contributed by atoms with Gasteiger partial charge in [-0.05, 0) is 17.2 Å². The van der Waals surface area contributed by atoms with Crippen molar-refractivity contribution in [1.29, 1.82) is 0 Å². The fourth-order valence-electron chi connectivity index (χ4n) is 1.10. The number of hydrogen-bond acceptors (Lipinski definition) is 3. The summed E-state index contributed by atoms with van der Waals surface area (Å²) in [7, 11) is 0. The van der Waals surface area contributed by atoms with Crippen LogP contribution in [0.15, 0.2) is 30.6 Å². The Hall–Kier alpha value is -2.17. The van der Waals surface area contributed by atoms with Crippen molar-refractivity contribution in [3.8, 4) is 0 Å². The zero-order valence-corrected chi connectivity index (χ0v) is 7.75. The van der Waals surface area contributed by atoms with Gasteiger partial charge in [0.1, 0.15) is 0 Å². The van der Waals surface area contributed by atoms with Crippen LogP contribution in [0.5, 0.6) is 0 Å². The van der Waals surface area contributed by atoms with Crippen molar-refractivity contribution in [3.63, 3.8) is 0 Å². The molecule has 1 rings (SSSR count). The van der Waals surface area contributed by atoms with Crippen LogP contribution in [0, 0.1) is 0 Å². The highest BCUT2D eigenvalue weighted by atomic mass is 16.4. The fraction of sp³-hybridized carbons (Fsp3) is 0.100. The topological polar surface area (TPSA) is 87.5 Å². The summed E-state index contributed by atoms with van der Waals surface area (Å²) < 4.78 is 0. The standard InChI is InChI=1S/C10H9NO4/c12-9(13)4-8(5-10(14)15)7-2-1-3-11-6-7/h1-4,6H,5H2,(H,12,13)(H,14,15)/b8-4+. The summed E-state index contributed by atoms with van der Waals surface area (Å²) >= 11 is 0. The van der Waals surface area contributed by atoms with Crippen molar-refractivity contribution in [2.24, 2.45) is 0 Å². The summed E-state index contributed by atoms with van der Waals surface area (Å²) in [6, 6.07) is 3.23. The molecule has 0 aliphatic rings. The van der Waals surface area contributed by atoms with Crippen molar-refractivity contribution in [3.05, 3.63) is 36.2 Å². The maximum absolute atomic E-state index is 10.5. The summed E-state index contributed by atoms with van der Waals surface area (Å²) in [5.41, 5.74) is 0.727. The van der Waals surface area contributed by atoms with Gasteiger partial charge in [-0.2, -0.15) is 0 Å². The van der Waals surface area contributed by atoms with E-state index in [1.165, 1.54) is 12.4 Å². The number of aromatic nitrogens is 1. The van der Waals surface area contributed by atoms with Crippen molar-refractivity contribution >= 4 is 17.5 Å². The van der Waals surface area contributed by atoms with Gasteiger partial charge >= 0.3 is 11.9 Å². The Bertz CT molecular complexity index is 397. The van der Waals surface area contributed by atoms with Crippen LogP contribution < -0.4 is 0 Å². The molecule has 0 aliphatic carbocycles. The largest absolute Gasteiger partial charge is 0.481 e. The number of aliphatic carboxylic acids is 2. The van der Waals surface area contributed by atoms with Crippen molar-refractivity contribution in [1.82, 2.24) is 4.98 Å². The molecule has 1 aromatic rings. The van der Waals surface area contributed by atoms with Crippen molar-refractivity contribution in [2.75, 3.05) is 0 Å². The lowest BCUT2D eigenvalue weighted by molar-refractivity contribution is -0.135. The molecule has 78 valence electrons. The molecule has 5 heteroatoms. The monoisotopic (exact) mass is 207 g/mol. The van der Waals surface area contributed by atoms with Crippen LogP contribution in [0.25, 0.3) is 5.57 Å². The Kier molecular flexibility index (Phi) is 3.56. The first-order chi connectivity index (χ1) is 7.09. The highest BCUT2D eigenvalue weighted by molar-refractivity contribution is 5.94. The lowest BCUT2D eigenvalue weighted by atomic mass is 10.0. The van der Waals surface area contributed by atoms with Gasteiger partial charge in [0.15, 0.2) is 0 Å². The van der Waals surface area contributed by atoms with Gasteiger partial charge in [0.25, 0.3) is 0 Å². The Morgan fingerprint density at radius 2 is 2.13 bits per heavy atom. The van der Waals surface area contributed by atoms with Crippen LogP contribution in [0.2, 0.25) is 0 Å². The molecular formula is C10H9NO4. The number of nitrogens with zero attached hydrogens (tertiary/aromatic N) is 1. The Morgan fingerprint density at radius 1 is 1.40 bits per heavy atom. The third-order valence-electron chi connectivity index (χ3n) is 1.67. The summed E-state index contributed by atoms with van der Waals surface area (Å²) in [5, 5.41) is 17.2. The molecule has 15 heavy (non-hydrogen) atoms. The Balaban J connectivity index is 3.02. The van der Waals surface area contributed by atoms with Gasteiger partial charge in [-0.3, -0.25) is 9.78 Å². The molecule has 5 nitrogen and oxygen atoms in total. The van der Waals surface area contributed by atoms with E-state index in [0.717, 1.165) is 6.08 Å². The molecule has 0 fully saturated rings. The molecule has 0 spiro atoms. The van der Waals surface area contributed by atoms with Crippen LogP contribution in [0.1, 0.15) is 12.0 Å². The SMILES string of the molecule is O=C(O)/C=C(\CC(=O)O)c1cccnc1. The molecule has 1 aromatic heterocycles. The minimum atomic E-state index is -1.17. The average Bonchev–Trinajstić information content (AvgIpc) is 2.17. The second-order valence-corrected chi connectivity index (χ2v) is 2.82. The molecule has 0 radical (unpaired) electrons. The van der Waals surface area contributed by atoms with E-state index in [1.807, 2.05) is 0 Å². The van der Waals surface area contributed by atoms with E-state index in [0.29, 0.717) is 5.56 Å². The minimum absolute atomic E-state index is 0.225. The maximum atomic E-state index is 10.5. The third kappa shape index (κ3) is 3.60. The molecule has 0 aromatic carbocycles. The van der Waals surface area contributed by atoms with Crippen molar-refractivity contribution in [2.45, 2.75) is 6.42 Å². The molecule has 0 atom stereocenters. The van der Waals surface area contributed by atoms with Gasteiger partial charge in [-0.1, -0.05) is 6.07 Å². The van der Waals surface area contributed by atoms with Gasteiger partial charge in [0.05, 0.1) is 6.42 Å². The van der Waals surface area contributed by atoms with Crippen molar-refractivity contribution < 1.29 is 19.8 Å². The van der Waals surface area contributed by atoms with E-state index >= 15 is 0 Å². The van der Waals surface area contributed by atoms with Gasteiger partial charge < -0.3 is 10.2 Å². The first-order valence-electron chi connectivity index (χ1n) is 4.15. The predicted molar refractivity (Wildman–Crippen MR) is 52.1 cm³/mol. The summed E-state index contributed by atoms with van der Waals surface area (Å²) in [5.74, 6) is -2.25. The highest BCUT2D eigenvalue weighted by Crippen LogP contribution is 2.16. The highest BCUT2D eigenvalue weighted by Gasteiger charge is 2.08. The minimum Gasteiger partial charge on any atom is -0.481 e. The molecule has 0 unspecified atom stereocenters. The van der Waals surface area contributed by atoms with E-state index in [9.17, 15) is 9.59 Å². The smallest absolute Gasteiger partial charge is 0.328 e. The Morgan fingerprint density at radius 3 is 2.60 bits per heavy atom. The predicted octanol–water partition coefficient (Wildman–Crippen LogP) is 1.02. The summed E-state index contributed by atoms with van der Waals surface area (Å²) in [6.45, 7) is 0. The lowest BCUT2D eigenvalue weighted by Gasteiger charge is -2.02. The molecule has 0 aliphatic heterocycles. The second kappa shape index (κ2) is 4.90. The molecule has 1 heterocycles. The quantitative estimate of drug-likeness (QED) is 0.720. The van der Waals surface area contributed by atoms with E-state index in [2.05, 4.69) is 4.98 Å². The number of carboxylic acid groups (broad SMARTS) is 2. The van der Waals surface area contributed by atoms with E-state index in [-0.39, 0.29) is 12.0 Å². The molecule has 0 saturated carbocycles. The molecule has 0 bridgehead atoms. The molecule has 0 amide bonds. The number of carbonyl (C=O) groups is 2. The van der Waals surface area contributed by atoms with E-state index in [1.54, 1.807) is 12.1 Å². The fourth-order valence-corrected chi connectivity index (χ4v) is 1.10. The zero-order valence-electron chi connectivity index (χ0n) is 7.75. The van der Waals surface area contributed by atoms with E-state index in [4.69, 9.17) is 10.2 Å². The first-order valence-corrected chi connectivity index (χ1v) is 4.15. The van der Waals surface area contributed by atoms with Gasteiger partial charge in [0, 0.05) is 18.5 Å². The number of rotatable bonds is 4.